The van der Waals surface area contributed by atoms with E-state index in [4.69, 9.17) is 17.3 Å². The minimum atomic E-state index is -0.00926. The summed E-state index contributed by atoms with van der Waals surface area (Å²) in [7, 11) is 0. The number of nitrogens with zero attached hydrogens (tertiary/aromatic N) is 1. The van der Waals surface area contributed by atoms with Crippen molar-refractivity contribution in [1.29, 1.82) is 0 Å². The smallest absolute Gasteiger partial charge is 0.256 e. The molecule has 16 heavy (non-hydrogen) atoms. The first-order valence-corrected chi connectivity index (χ1v) is 5.87. The molecule has 1 aliphatic rings. The van der Waals surface area contributed by atoms with Gasteiger partial charge in [-0.15, -0.1) is 0 Å². The molecule has 86 valence electrons. The molecule has 0 spiro atoms. The molecular formula is C12H15ClN2O. The second-order valence-electron chi connectivity index (χ2n) is 4.05. The molecule has 0 radical (unpaired) electrons. The number of benzene rings is 1. The third-order valence-electron chi connectivity index (χ3n) is 2.83. The van der Waals surface area contributed by atoms with Gasteiger partial charge < -0.3 is 10.6 Å². The number of nitrogen functional groups attached to an aromatic ring is 1. The highest BCUT2D eigenvalue weighted by molar-refractivity contribution is 6.31. The molecule has 0 aliphatic heterocycles. The molecule has 1 amide bonds. The monoisotopic (exact) mass is 238 g/mol. The largest absolute Gasteiger partial charge is 0.398 e. The summed E-state index contributed by atoms with van der Waals surface area (Å²) in [5.41, 5.74) is 6.81. The van der Waals surface area contributed by atoms with Crippen LogP contribution in [0.5, 0.6) is 0 Å². The highest BCUT2D eigenvalue weighted by atomic mass is 35.5. The number of hydrogen-bond acceptors (Lipinski definition) is 2. The van der Waals surface area contributed by atoms with Crippen molar-refractivity contribution in [1.82, 2.24) is 4.90 Å². The third-order valence-corrected chi connectivity index (χ3v) is 3.07. The van der Waals surface area contributed by atoms with Gasteiger partial charge in [-0.1, -0.05) is 11.6 Å². The van der Waals surface area contributed by atoms with Crippen LogP contribution in [-0.2, 0) is 0 Å². The lowest BCUT2D eigenvalue weighted by atomic mass is 10.1. The van der Waals surface area contributed by atoms with Crippen molar-refractivity contribution in [3.05, 3.63) is 28.8 Å². The van der Waals surface area contributed by atoms with Crippen LogP contribution in [0, 0.1) is 0 Å². The molecule has 1 aliphatic carbocycles. The van der Waals surface area contributed by atoms with Gasteiger partial charge in [0.15, 0.2) is 0 Å². The first kappa shape index (κ1) is 11.3. The summed E-state index contributed by atoms with van der Waals surface area (Å²) < 4.78 is 0. The fourth-order valence-corrected chi connectivity index (χ4v) is 1.99. The second-order valence-corrected chi connectivity index (χ2v) is 4.49. The van der Waals surface area contributed by atoms with Gasteiger partial charge in [-0.3, -0.25) is 4.79 Å². The zero-order valence-electron chi connectivity index (χ0n) is 9.24. The summed E-state index contributed by atoms with van der Waals surface area (Å²) in [5, 5.41) is 0.546. The maximum Gasteiger partial charge on any atom is 0.256 e. The summed E-state index contributed by atoms with van der Waals surface area (Å²) in [6, 6.07) is 5.41. The Balaban J connectivity index is 2.28. The quantitative estimate of drug-likeness (QED) is 0.823. The molecule has 0 aromatic heterocycles. The van der Waals surface area contributed by atoms with Gasteiger partial charge in [0.1, 0.15) is 0 Å². The average molecular weight is 239 g/mol. The number of carbonyl (C=O) groups is 1. The molecule has 0 unspecified atom stereocenters. The summed E-state index contributed by atoms with van der Waals surface area (Å²) in [6.45, 7) is 2.70. The van der Waals surface area contributed by atoms with Gasteiger partial charge in [-0.25, -0.2) is 0 Å². The zero-order chi connectivity index (χ0) is 11.7. The van der Waals surface area contributed by atoms with E-state index in [-0.39, 0.29) is 5.91 Å². The van der Waals surface area contributed by atoms with Gasteiger partial charge in [-0.05, 0) is 38.0 Å². The first-order valence-electron chi connectivity index (χ1n) is 5.49. The summed E-state index contributed by atoms with van der Waals surface area (Å²) in [6.07, 6.45) is 2.19. The van der Waals surface area contributed by atoms with Crippen LogP contribution >= 0.6 is 11.6 Å². The van der Waals surface area contributed by atoms with E-state index in [1.807, 2.05) is 11.8 Å². The fourth-order valence-electron chi connectivity index (χ4n) is 1.82. The molecule has 1 saturated carbocycles. The van der Waals surface area contributed by atoms with Crippen LogP contribution in [0.4, 0.5) is 5.69 Å². The SMILES string of the molecule is CCN(C(=O)c1cc(Cl)ccc1N)C1CC1. The first-order chi connectivity index (χ1) is 7.63. The van der Waals surface area contributed by atoms with Gasteiger partial charge >= 0.3 is 0 Å². The van der Waals surface area contributed by atoms with Crippen LogP contribution in [0.3, 0.4) is 0 Å². The zero-order valence-corrected chi connectivity index (χ0v) is 10.00. The van der Waals surface area contributed by atoms with E-state index in [1.165, 1.54) is 0 Å². The second kappa shape index (κ2) is 4.34. The number of carbonyl (C=O) groups excluding carboxylic acids is 1. The molecule has 2 N–H and O–H groups in total. The Kier molecular flexibility index (Phi) is 3.06. The molecule has 4 heteroatoms. The number of halogens is 1. The van der Waals surface area contributed by atoms with Crippen molar-refractivity contribution >= 4 is 23.2 Å². The van der Waals surface area contributed by atoms with Crippen molar-refractivity contribution in [2.45, 2.75) is 25.8 Å². The molecule has 2 rings (SSSR count). The Morgan fingerprint density at radius 1 is 1.56 bits per heavy atom. The van der Waals surface area contributed by atoms with E-state index in [1.54, 1.807) is 18.2 Å². The molecule has 0 bridgehead atoms. The van der Waals surface area contributed by atoms with Gasteiger partial charge in [0, 0.05) is 23.3 Å². The van der Waals surface area contributed by atoms with Crippen molar-refractivity contribution in [2.24, 2.45) is 0 Å². The van der Waals surface area contributed by atoms with Crippen LogP contribution in [-0.4, -0.2) is 23.4 Å². The molecule has 0 atom stereocenters. The third kappa shape index (κ3) is 2.14. The molecule has 1 fully saturated rings. The van der Waals surface area contributed by atoms with Gasteiger partial charge in [-0.2, -0.15) is 0 Å². The average Bonchev–Trinajstić information content (AvgIpc) is 3.07. The normalized spacial score (nSPS) is 14.9. The van der Waals surface area contributed by atoms with Crippen LogP contribution in [0.1, 0.15) is 30.1 Å². The summed E-state index contributed by atoms with van der Waals surface area (Å²) >= 11 is 5.88. The minimum Gasteiger partial charge on any atom is -0.398 e. The Morgan fingerprint density at radius 2 is 2.25 bits per heavy atom. The maximum atomic E-state index is 12.2. The highest BCUT2D eigenvalue weighted by Crippen LogP contribution is 2.29. The van der Waals surface area contributed by atoms with Gasteiger partial charge in [0.05, 0.1) is 5.56 Å². The van der Waals surface area contributed by atoms with Gasteiger partial charge in [0.25, 0.3) is 5.91 Å². The molecule has 0 saturated heterocycles. The summed E-state index contributed by atoms with van der Waals surface area (Å²) in [4.78, 5) is 14.1. The van der Waals surface area contributed by atoms with Crippen LogP contribution < -0.4 is 5.73 Å². The van der Waals surface area contributed by atoms with Crippen molar-refractivity contribution in [3.8, 4) is 0 Å². The lowest BCUT2D eigenvalue weighted by molar-refractivity contribution is 0.0753. The molecule has 1 aromatic carbocycles. The molecule has 0 heterocycles. The Morgan fingerprint density at radius 3 is 2.81 bits per heavy atom. The number of nitrogens with two attached hydrogens (primary N) is 1. The molecule has 3 nitrogen and oxygen atoms in total. The van der Waals surface area contributed by atoms with Crippen LogP contribution in [0.2, 0.25) is 5.02 Å². The van der Waals surface area contributed by atoms with E-state index in [9.17, 15) is 4.79 Å². The van der Waals surface area contributed by atoms with Crippen molar-refractivity contribution in [3.63, 3.8) is 0 Å². The summed E-state index contributed by atoms with van der Waals surface area (Å²) in [5.74, 6) is -0.00926. The predicted octanol–water partition coefficient (Wildman–Crippen LogP) is 2.55. The van der Waals surface area contributed by atoms with E-state index in [0.717, 1.165) is 19.4 Å². The van der Waals surface area contributed by atoms with Crippen LogP contribution in [0.25, 0.3) is 0 Å². The van der Waals surface area contributed by atoms with Crippen LogP contribution in [0.15, 0.2) is 18.2 Å². The Hall–Kier alpha value is -1.22. The number of anilines is 1. The standard InChI is InChI=1S/C12H15ClN2O/c1-2-15(9-4-5-9)12(16)10-7-8(13)3-6-11(10)14/h3,6-7,9H,2,4-5,14H2,1H3. The lowest BCUT2D eigenvalue weighted by Gasteiger charge is -2.21. The number of amides is 1. The van der Waals surface area contributed by atoms with Gasteiger partial charge in [0.2, 0.25) is 0 Å². The lowest BCUT2D eigenvalue weighted by Crippen LogP contribution is -2.33. The predicted molar refractivity (Wildman–Crippen MR) is 65.6 cm³/mol. The van der Waals surface area contributed by atoms with E-state index < -0.39 is 0 Å². The molecular weight excluding hydrogens is 224 g/mol. The number of hydrogen-bond donors (Lipinski definition) is 1. The molecule has 1 aromatic rings. The topological polar surface area (TPSA) is 46.3 Å². The Labute approximate surface area is 100 Å². The van der Waals surface area contributed by atoms with E-state index >= 15 is 0 Å². The Bertz CT molecular complexity index is 415. The van der Waals surface area contributed by atoms with Crippen molar-refractivity contribution < 1.29 is 4.79 Å². The highest BCUT2D eigenvalue weighted by Gasteiger charge is 2.32. The van der Waals surface area contributed by atoms with E-state index in [0.29, 0.717) is 22.3 Å². The number of rotatable bonds is 3. The fraction of sp³-hybridized carbons (Fsp3) is 0.417. The van der Waals surface area contributed by atoms with Crippen molar-refractivity contribution in [2.75, 3.05) is 12.3 Å². The maximum absolute atomic E-state index is 12.2. The van der Waals surface area contributed by atoms with E-state index in [2.05, 4.69) is 0 Å². The minimum absolute atomic E-state index is 0.00926.